The van der Waals surface area contributed by atoms with E-state index in [0.717, 1.165) is 12.8 Å². The lowest BCUT2D eigenvalue weighted by Gasteiger charge is -2.20. The Hall–Kier alpha value is -2.05. The third kappa shape index (κ3) is 1.76. The number of nitrogens with zero attached hydrogens (tertiary/aromatic N) is 4. The maximum atomic E-state index is 14.5. The number of amides is 2. The maximum absolute atomic E-state index is 14.5. The van der Waals surface area contributed by atoms with Gasteiger partial charge in [-0.3, -0.25) is 14.5 Å². The van der Waals surface area contributed by atoms with Crippen LogP contribution in [0, 0.1) is 17.7 Å². The van der Waals surface area contributed by atoms with Gasteiger partial charge in [0, 0.05) is 26.1 Å². The van der Waals surface area contributed by atoms with Crippen molar-refractivity contribution < 1.29 is 14.0 Å². The first-order valence-electron chi connectivity index (χ1n) is 7.14. The minimum Gasteiger partial charge on any atom is -0.352 e. The van der Waals surface area contributed by atoms with Gasteiger partial charge in [-0.15, -0.1) is 0 Å². The molecule has 1 aliphatic carbocycles. The number of fused-ring (bicyclic) bond motifs is 1. The van der Waals surface area contributed by atoms with Crippen molar-refractivity contribution in [2.24, 2.45) is 11.8 Å². The second-order valence-corrected chi connectivity index (χ2v) is 6.02. The number of hydrogen-bond acceptors (Lipinski definition) is 5. The molecule has 2 atom stereocenters. The third-order valence-electron chi connectivity index (χ3n) is 4.68. The minimum atomic E-state index is -0.395. The Morgan fingerprint density at radius 3 is 2.33 bits per heavy atom. The number of aromatic nitrogens is 2. The first-order chi connectivity index (χ1) is 10.1. The Balaban J connectivity index is 1.64. The summed E-state index contributed by atoms with van der Waals surface area (Å²) in [4.78, 5) is 34.9. The van der Waals surface area contributed by atoms with Crippen molar-refractivity contribution in [2.75, 3.05) is 25.0 Å². The van der Waals surface area contributed by atoms with Gasteiger partial charge in [0.25, 0.3) is 0 Å². The van der Waals surface area contributed by atoms with Crippen molar-refractivity contribution in [2.45, 2.75) is 18.8 Å². The third-order valence-corrected chi connectivity index (χ3v) is 4.68. The van der Waals surface area contributed by atoms with Crippen LogP contribution in [0.5, 0.6) is 0 Å². The lowest BCUT2D eigenvalue weighted by molar-refractivity contribution is -0.138. The van der Waals surface area contributed by atoms with Crippen LogP contribution in [-0.4, -0.2) is 46.8 Å². The van der Waals surface area contributed by atoms with E-state index >= 15 is 0 Å². The molecule has 2 saturated heterocycles. The Morgan fingerprint density at radius 2 is 1.76 bits per heavy atom. The van der Waals surface area contributed by atoms with Crippen molar-refractivity contribution in [3.8, 4) is 0 Å². The first-order valence-corrected chi connectivity index (χ1v) is 7.14. The molecule has 3 aliphatic rings. The summed E-state index contributed by atoms with van der Waals surface area (Å²) in [6, 6.07) is 0. The number of likely N-dealkylation sites (tertiary alicyclic amines) is 1. The topological polar surface area (TPSA) is 66.4 Å². The van der Waals surface area contributed by atoms with Gasteiger partial charge in [-0.1, -0.05) is 0 Å². The molecule has 2 aliphatic heterocycles. The predicted molar refractivity (Wildman–Crippen MR) is 70.9 cm³/mol. The number of carbonyl (C=O) groups excluding carboxylic acids is 2. The predicted octanol–water partition coefficient (Wildman–Crippen LogP) is 0.544. The number of imide groups is 1. The summed E-state index contributed by atoms with van der Waals surface area (Å²) in [6.45, 7) is 0.690. The molecule has 0 bridgehead atoms. The second kappa shape index (κ2) is 4.22. The highest BCUT2D eigenvalue weighted by Crippen LogP contribution is 2.42. The summed E-state index contributed by atoms with van der Waals surface area (Å²) in [6.07, 6.45) is 3.29. The van der Waals surface area contributed by atoms with E-state index in [1.165, 1.54) is 18.3 Å². The molecule has 0 aromatic carbocycles. The molecule has 1 aromatic rings. The van der Waals surface area contributed by atoms with Gasteiger partial charge < -0.3 is 4.90 Å². The van der Waals surface area contributed by atoms with E-state index in [4.69, 9.17) is 0 Å². The van der Waals surface area contributed by atoms with Gasteiger partial charge in [0.05, 0.1) is 17.5 Å². The van der Waals surface area contributed by atoms with E-state index in [-0.39, 0.29) is 35.4 Å². The zero-order valence-corrected chi connectivity index (χ0v) is 11.6. The van der Waals surface area contributed by atoms with Gasteiger partial charge in [0.2, 0.25) is 11.8 Å². The standard InChI is InChI=1S/C14H15FN4O2/c1-18-13(20)8-4-19(5-9(8)14(18)21)12-10(15)11(7-2-3-7)16-6-17-12/h6-9H,2-5H2,1H3. The second-order valence-electron chi connectivity index (χ2n) is 6.02. The van der Waals surface area contributed by atoms with Crippen LogP contribution in [0.3, 0.4) is 0 Å². The highest BCUT2D eigenvalue weighted by Gasteiger charge is 2.51. The summed E-state index contributed by atoms with van der Waals surface area (Å²) in [7, 11) is 1.50. The SMILES string of the molecule is CN1C(=O)C2CN(c3ncnc(C4CC4)c3F)CC2C1=O. The molecular formula is C14H15FN4O2. The first kappa shape index (κ1) is 12.7. The van der Waals surface area contributed by atoms with Gasteiger partial charge in [-0.05, 0) is 12.8 Å². The van der Waals surface area contributed by atoms with E-state index < -0.39 is 5.82 Å². The molecule has 0 spiro atoms. The lowest BCUT2D eigenvalue weighted by atomic mass is 10.00. The number of carbonyl (C=O) groups is 2. The van der Waals surface area contributed by atoms with Crippen LogP contribution in [0.1, 0.15) is 24.5 Å². The van der Waals surface area contributed by atoms with Crippen LogP contribution in [0.25, 0.3) is 0 Å². The molecule has 21 heavy (non-hydrogen) atoms. The van der Waals surface area contributed by atoms with Crippen molar-refractivity contribution in [3.05, 3.63) is 17.8 Å². The van der Waals surface area contributed by atoms with E-state index in [0.29, 0.717) is 18.8 Å². The minimum absolute atomic E-state index is 0.176. The molecule has 2 unspecified atom stereocenters. The largest absolute Gasteiger partial charge is 0.352 e. The Kier molecular flexibility index (Phi) is 2.55. The van der Waals surface area contributed by atoms with Crippen molar-refractivity contribution >= 4 is 17.6 Å². The molecule has 3 fully saturated rings. The Bertz CT molecular complexity index is 622. The summed E-state index contributed by atoms with van der Waals surface area (Å²) in [5, 5.41) is 0. The lowest BCUT2D eigenvalue weighted by Crippen LogP contribution is -2.34. The molecule has 7 heteroatoms. The molecule has 0 radical (unpaired) electrons. The summed E-state index contributed by atoms with van der Waals surface area (Å²) >= 11 is 0. The highest BCUT2D eigenvalue weighted by molar-refractivity contribution is 6.06. The normalized spacial score (nSPS) is 28.5. The van der Waals surface area contributed by atoms with Gasteiger partial charge in [0.15, 0.2) is 11.6 Å². The van der Waals surface area contributed by atoms with Gasteiger partial charge in [0.1, 0.15) is 6.33 Å². The molecular weight excluding hydrogens is 275 g/mol. The van der Waals surface area contributed by atoms with Crippen molar-refractivity contribution in [1.82, 2.24) is 14.9 Å². The van der Waals surface area contributed by atoms with Crippen LogP contribution >= 0.6 is 0 Å². The van der Waals surface area contributed by atoms with Crippen LogP contribution in [-0.2, 0) is 9.59 Å². The fourth-order valence-electron chi connectivity index (χ4n) is 3.32. The average molecular weight is 290 g/mol. The highest BCUT2D eigenvalue weighted by atomic mass is 19.1. The quantitative estimate of drug-likeness (QED) is 0.744. The molecule has 4 rings (SSSR count). The zero-order chi connectivity index (χ0) is 14.7. The fraction of sp³-hybridized carbons (Fsp3) is 0.571. The number of hydrogen-bond donors (Lipinski definition) is 0. The summed E-state index contributed by atoms with van der Waals surface area (Å²) in [5.74, 6) is -1.07. The molecule has 110 valence electrons. The summed E-state index contributed by atoms with van der Waals surface area (Å²) < 4.78 is 14.5. The zero-order valence-electron chi connectivity index (χ0n) is 11.6. The number of halogens is 1. The van der Waals surface area contributed by atoms with Crippen LogP contribution in [0.2, 0.25) is 0 Å². The van der Waals surface area contributed by atoms with Crippen LogP contribution in [0.4, 0.5) is 10.2 Å². The molecule has 1 aromatic heterocycles. The van der Waals surface area contributed by atoms with E-state index in [2.05, 4.69) is 9.97 Å². The van der Waals surface area contributed by atoms with E-state index in [1.807, 2.05) is 0 Å². The molecule has 6 nitrogen and oxygen atoms in total. The Morgan fingerprint density at radius 1 is 1.14 bits per heavy atom. The van der Waals surface area contributed by atoms with E-state index in [1.54, 1.807) is 4.90 Å². The number of rotatable bonds is 2. The molecule has 2 amide bonds. The summed E-state index contributed by atoms with van der Waals surface area (Å²) in [5.41, 5.74) is 0.465. The van der Waals surface area contributed by atoms with Crippen LogP contribution in [0.15, 0.2) is 6.33 Å². The number of anilines is 1. The monoisotopic (exact) mass is 290 g/mol. The van der Waals surface area contributed by atoms with Crippen molar-refractivity contribution in [1.29, 1.82) is 0 Å². The van der Waals surface area contributed by atoms with Gasteiger partial charge in [-0.2, -0.15) is 0 Å². The smallest absolute Gasteiger partial charge is 0.234 e. The Labute approximate surface area is 121 Å². The molecule has 0 N–H and O–H groups in total. The molecule has 1 saturated carbocycles. The van der Waals surface area contributed by atoms with Gasteiger partial charge in [-0.25, -0.2) is 14.4 Å². The fourth-order valence-corrected chi connectivity index (χ4v) is 3.32. The molecule has 3 heterocycles. The maximum Gasteiger partial charge on any atom is 0.234 e. The van der Waals surface area contributed by atoms with E-state index in [9.17, 15) is 14.0 Å². The van der Waals surface area contributed by atoms with Crippen molar-refractivity contribution in [3.63, 3.8) is 0 Å². The van der Waals surface area contributed by atoms with Crippen LogP contribution < -0.4 is 4.90 Å². The van der Waals surface area contributed by atoms with Gasteiger partial charge >= 0.3 is 0 Å². The average Bonchev–Trinajstić information content (AvgIpc) is 3.19.